The molecule has 1 aromatic heterocycles. The summed E-state index contributed by atoms with van der Waals surface area (Å²) in [5, 5.41) is 12.0. The second-order valence-electron chi connectivity index (χ2n) is 4.34. The first-order valence-electron chi connectivity index (χ1n) is 6.08. The lowest BCUT2D eigenvalue weighted by Gasteiger charge is -2.26. The molecule has 5 nitrogen and oxygen atoms in total. The van der Waals surface area contributed by atoms with Crippen molar-refractivity contribution in [3.05, 3.63) is 28.5 Å². The molecule has 0 aliphatic heterocycles. The Morgan fingerprint density at radius 3 is 2.53 bits per heavy atom. The average Bonchev–Trinajstić information content (AvgIpc) is 2.40. The summed E-state index contributed by atoms with van der Waals surface area (Å²) >= 11 is 3.19. The van der Waals surface area contributed by atoms with Gasteiger partial charge in [0, 0.05) is 18.3 Å². The highest BCUT2D eigenvalue weighted by atomic mass is 79.9. The minimum Gasteiger partial charge on any atom is -0.481 e. The number of rotatable bonds is 6. The number of carbonyl (C=O) groups is 2. The minimum absolute atomic E-state index is 0.119. The molecule has 0 radical (unpaired) electrons. The van der Waals surface area contributed by atoms with E-state index >= 15 is 0 Å². The predicted molar refractivity (Wildman–Crippen MR) is 74.9 cm³/mol. The van der Waals surface area contributed by atoms with Crippen LogP contribution in [-0.4, -0.2) is 28.5 Å². The molecule has 1 rings (SSSR count). The number of carboxylic acids is 1. The van der Waals surface area contributed by atoms with Gasteiger partial charge in [0.2, 0.25) is 0 Å². The lowest BCUT2D eigenvalue weighted by molar-refractivity contribution is -0.149. The monoisotopic (exact) mass is 328 g/mol. The molecular weight excluding hydrogens is 312 g/mol. The van der Waals surface area contributed by atoms with E-state index in [-0.39, 0.29) is 12.5 Å². The Labute approximate surface area is 120 Å². The summed E-state index contributed by atoms with van der Waals surface area (Å²) in [6.07, 6.45) is 2.46. The topological polar surface area (TPSA) is 79.3 Å². The van der Waals surface area contributed by atoms with Gasteiger partial charge in [-0.15, -0.1) is 0 Å². The zero-order chi connectivity index (χ0) is 14.5. The van der Waals surface area contributed by atoms with Crippen LogP contribution in [0.2, 0.25) is 0 Å². The van der Waals surface area contributed by atoms with Gasteiger partial charge in [-0.1, -0.05) is 13.8 Å². The third kappa shape index (κ3) is 3.76. The van der Waals surface area contributed by atoms with Crippen molar-refractivity contribution in [3.8, 4) is 0 Å². The number of aliphatic carboxylic acids is 1. The highest BCUT2D eigenvalue weighted by molar-refractivity contribution is 9.10. The summed E-state index contributed by atoms with van der Waals surface area (Å²) < 4.78 is 0.565. The number of halogens is 1. The number of nitrogens with one attached hydrogen (secondary N) is 1. The van der Waals surface area contributed by atoms with Crippen LogP contribution >= 0.6 is 15.9 Å². The molecule has 104 valence electrons. The summed E-state index contributed by atoms with van der Waals surface area (Å²) in [5.74, 6) is -1.18. The van der Waals surface area contributed by atoms with Gasteiger partial charge in [-0.3, -0.25) is 9.59 Å². The maximum absolute atomic E-state index is 11.9. The van der Waals surface area contributed by atoms with Crippen LogP contribution in [0.15, 0.2) is 22.9 Å². The van der Waals surface area contributed by atoms with Gasteiger partial charge in [0.05, 0.1) is 5.41 Å². The SMILES string of the molecule is CCC(CC)(CNC(=O)c1ccnc(Br)c1)C(=O)O. The van der Waals surface area contributed by atoms with Crippen LogP contribution in [0.4, 0.5) is 0 Å². The number of hydrogen-bond acceptors (Lipinski definition) is 3. The van der Waals surface area contributed by atoms with E-state index in [1.165, 1.54) is 6.20 Å². The maximum Gasteiger partial charge on any atom is 0.311 e. The van der Waals surface area contributed by atoms with Gasteiger partial charge in [-0.25, -0.2) is 4.98 Å². The van der Waals surface area contributed by atoms with Crippen LogP contribution in [0.5, 0.6) is 0 Å². The normalized spacial score (nSPS) is 11.1. The van der Waals surface area contributed by atoms with Crippen molar-refractivity contribution in [3.63, 3.8) is 0 Å². The molecule has 0 fully saturated rings. The Balaban J connectivity index is 2.75. The molecule has 1 amide bonds. The van der Waals surface area contributed by atoms with E-state index in [0.29, 0.717) is 23.0 Å². The molecule has 0 unspecified atom stereocenters. The Morgan fingerprint density at radius 2 is 2.05 bits per heavy atom. The van der Waals surface area contributed by atoms with Gasteiger partial charge in [0.25, 0.3) is 5.91 Å². The first-order valence-corrected chi connectivity index (χ1v) is 6.87. The summed E-state index contributed by atoms with van der Waals surface area (Å²) in [7, 11) is 0. The van der Waals surface area contributed by atoms with Gasteiger partial charge < -0.3 is 10.4 Å². The quantitative estimate of drug-likeness (QED) is 0.786. The smallest absolute Gasteiger partial charge is 0.311 e. The lowest BCUT2D eigenvalue weighted by Crippen LogP contribution is -2.42. The van der Waals surface area contributed by atoms with Crippen LogP contribution in [0.1, 0.15) is 37.0 Å². The van der Waals surface area contributed by atoms with E-state index in [0.717, 1.165) is 0 Å². The highest BCUT2D eigenvalue weighted by Gasteiger charge is 2.35. The standard InChI is InChI=1S/C13H17BrN2O3/c1-3-13(4-2,12(18)19)8-16-11(17)9-5-6-15-10(14)7-9/h5-7H,3-4,8H2,1-2H3,(H,16,17)(H,18,19). The van der Waals surface area contributed by atoms with E-state index in [1.807, 2.05) is 13.8 Å². The van der Waals surface area contributed by atoms with Gasteiger partial charge >= 0.3 is 5.97 Å². The summed E-state index contributed by atoms with van der Waals surface area (Å²) in [6, 6.07) is 3.18. The molecule has 0 aliphatic carbocycles. The summed E-state index contributed by atoms with van der Waals surface area (Å²) in [4.78, 5) is 27.2. The molecule has 0 saturated heterocycles. The minimum atomic E-state index is -0.903. The zero-order valence-corrected chi connectivity index (χ0v) is 12.5. The van der Waals surface area contributed by atoms with Crippen LogP contribution in [0.25, 0.3) is 0 Å². The Hall–Kier alpha value is -1.43. The third-order valence-electron chi connectivity index (χ3n) is 3.38. The molecule has 0 aromatic carbocycles. The molecule has 1 aromatic rings. The van der Waals surface area contributed by atoms with Gasteiger partial charge in [-0.05, 0) is 40.9 Å². The molecule has 0 atom stereocenters. The number of carboxylic acid groups (broad SMARTS) is 1. The Morgan fingerprint density at radius 1 is 1.42 bits per heavy atom. The lowest BCUT2D eigenvalue weighted by atomic mass is 9.82. The number of pyridine rings is 1. The van der Waals surface area contributed by atoms with Crippen molar-refractivity contribution in [1.82, 2.24) is 10.3 Å². The first kappa shape index (κ1) is 15.6. The fourth-order valence-electron chi connectivity index (χ4n) is 1.77. The molecular formula is C13H17BrN2O3. The average molecular weight is 329 g/mol. The molecule has 2 N–H and O–H groups in total. The van der Waals surface area contributed by atoms with E-state index in [1.54, 1.807) is 12.1 Å². The van der Waals surface area contributed by atoms with E-state index in [2.05, 4.69) is 26.2 Å². The van der Waals surface area contributed by atoms with E-state index < -0.39 is 11.4 Å². The predicted octanol–water partition coefficient (Wildman–Crippen LogP) is 2.46. The van der Waals surface area contributed by atoms with Crippen molar-refractivity contribution in [2.45, 2.75) is 26.7 Å². The van der Waals surface area contributed by atoms with Crippen LogP contribution < -0.4 is 5.32 Å². The summed E-state index contributed by atoms with van der Waals surface area (Å²) in [6.45, 7) is 3.74. The van der Waals surface area contributed by atoms with E-state index in [9.17, 15) is 14.7 Å². The fourth-order valence-corrected chi connectivity index (χ4v) is 2.14. The Kier molecular flexibility index (Phi) is 5.47. The molecule has 6 heteroatoms. The van der Waals surface area contributed by atoms with Crippen LogP contribution in [0, 0.1) is 5.41 Å². The largest absolute Gasteiger partial charge is 0.481 e. The van der Waals surface area contributed by atoms with Crippen molar-refractivity contribution < 1.29 is 14.7 Å². The number of amides is 1. The van der Waals surface area contributed by atoms with Crippen LogP contribution in [-0.2, 0) is 4.79 Å². The highest BCUT2D eigenvalue weighted by Crippen LogP contribution is 2.25. The molecule has 1 heterocycles. The van der Waals surface area contributed by atoms with Gasteiger partial charge in [-0.2, -0.15) is 0 Å². The van der Waals surface area contributed by atoms with Gasteiger partial charge in [0.15, 0.2) is 0 Å². The third-order valence-corrected chi connectivity index (χ3v) is 3.82. The molecule has 19 heavy (non-hydrogen) atoms. The van der Waals surface area contributed by atoms with Gasteiger partial charge in [0.1, 0.15) is 4.60 Å². The summed E-state index contributed by atoms with van der Waals surface area (Å²) in [5.41, 5.74) is -0.451. The maximum atomic E-state index is 11.9. The molecule has 0 spiro atoms. The van der Waals surface area contributed by atoms with E-state index in [4.69, 9.17) is 0 Å². The van der Waals surface area contributed by atoms with Crippen molar-refractivity contribution in [2.24, 2.45) is 5.41 Å². The van der Waals surface area contributed by atoms with Crippen molar-refractivity contribution in [2.75, 3.05) is 6.54 Å². The van der Waals surface area contributed by atoms with Crippen molar-refractivity contribution in [1.29, 1.82) is 0 Å². The zero-order valence-electron chi connectivity index (χ0n) is 10.9. The van der Waals surface area contributed by atoms with Crippen LogP contribution in [0.3, 0.4) is 0 Å². The van der Waals surface area contributed by atoms with Crippen molar-refractivity contribution >= 4 is 27.8 Å². The second kappa shape index (κ2) is 6.65. The number of carbonyl (C=O) groups excluding carboxylic acids is 1. The fraction of sp³-hybridized carbons (Fsp3) is 0.462. The Bertz CT molecular complexity index is 473. The molecule has 0 aliphatic rings. The molecule has 0 bridgehead atoms. The molecule has 0 saturated carbocycles. The number of aromatic nitrogens is 1. The number of hydrogen-bond donors (Lipinski definition) is 2. The second-order valence-corrected chi connectivity index (χ2v) is 5.15. The number of nitrogens with zero attached hydrogens (tertiary/aromatic N) is 1. The first-order chi connectivity index (χ1) is 8.95.